The van der Waals surface area contributed by atoms with Crippen molar-refractivity contribution < 1.29 is 13.2 Å². The average Bonchev–Trinajstić information content (AvgIpc) is 2.79. The zero-order chi connectivity index (χ0) is 21.0. The Morgan fingerprint density at radius 1 is 0.500 bits per heavy atom. The molecule has 0 N–H and O–H groups in total. The van der Waals surface area contributed by atoms with Crippen LogP contribution in [0.25, 0.3) is 0 Å². The number of halogens is 3. The topological polar surface area (TPSA) is 0 Å². The lowest BCUT2D eigenvalue weighted by molar-refractivity contribution is -0.137. The van der Waals surface area contributed by atoms with E-state index in [0.29, 0.717) is 0 Å². The fourth-order valence-corrected chi connectivity index (χ4v) is 7.53. The summed E-state index contributed by atoms with van der Waals surface area (Å²) in [6.07, 6.45) is -4.34. The van der Waals surface area contributed by atoms with Gasteiger partial charge in [0.25, 0.3) is 0 Å². The second-order valence-electron chi connectivity index (χ2n) is 6.98. The van der Waals surface area contributed by atoms with E-state index >= 15 is 0 Å². The van der Waals surface area contributed by atoms with Crippen molar-refractivity contribution in [3.63, 3.8) is 0 Å². The molecular formula is C26H20F3P. The summed E-state index contributed by atoms with van der Waals surface area (Å²) in [6.45, 7) is -2.24. The maximum absolute atomic E-state index is 13.0. The largest absolute Gasteiger partial charge is 0.416 e. The first kappa shape index (κ1) is 20.3. The van der Waals surface area contributed by atoms with Crippen LogP contribution in [-0.4, -0.2) is 5.80 Å². The van der Waals surface area contributed by atoms with Gasteiger partial charge in [-0.2, -0.15) is 13.2 Å². The minimum Gasteiger partial charge on any atom is -0.166 e. The summed E-state index contributed by atoms with van der Waals surface area (Å²) >= 11 is 0. The van der Waals surface area contributed by atoms with E-state index in [-0.39, 0.29) is 0 Å². The molecule has 0 bridgehead atoms. The van der Waals surface area contributed by atoms with Gasteiger partial charge in [0, 0.05) is 0 Å². The summed E-state index contributed by atoms with van der Waals surface area (Å²) in [4.78, 5) is 0. The quantitative estimate of drug-likeness (QED) is 0.364. The molecule has 4 rings (SSSR count). The van der Waals surface area contributed by atoms with Gasteiger partial charge in [0.15, 0.2) is 0 Å². The molecule has 0 unspecified atom stereocenters. The van der Waals surface area contributed by atoms with E-state index in [1.54, 1.807) is 12.1 Å². The zero-order valence-electron chi connectivity index (χ0n) is 16.1. The molecule has 0 aliphatic heterocycles. The molecule has 150 valence electrons. The Hall–Kier alpha value is -3.03. The highest BCUT2D eigenvalue weighted by Crippen LogP contribution is 2.44. The lowest BCUT2D eigenvalue weighted by atomic mass is 10.1. The van der Waals surface area contributed by atoms with E-state index in [1.807, 2.05) is 54.6 Å². The van der Waals surface area contributed by atoms with Crippen molar-refractivity contribution in [1.82, 2.24) is 0 Å². The third-order valence-corrected chi connectivity index (χ3v) is 9.09. The van der Waals surface area contributed by atoms with E-state index < -0.39 is 18.6 Å². The van der Waals surface area contributed by atoms with Gasteiger partial charge >= 0.3 is 6.18 Å². The maximum Gasteiger partial charge on any atom is 0.416 e. The molecule has 0 fully saturated rings. The van der Waals surface area contributed by atoms with E-state index in [1.165, 1.54) is 0 Å². The van der Waals surface area contributed by atoms with Crippen LogP contribution in [0, 0.1) is 0 Å². The van der Waals surface area contributed by atoms with Gasteiger partial charge in [-0.3, -0.25) is 0 Å². The third kappa shape index (κ3) is 3.99. The monoisotopic (exact) mass is 420 g/mol. The van der Waals surface area contributed by atoms with Crippen LogP contribution < -0.4 is 15.9 Å². The summed E-state index contributed by atoms with van der Waals surface area (Å²) < 4.78 is 39.1. The Kier molecular flexibility index (Phi) is 5.65. The van der Waals surface area contributed by atoms with Crippen molar-refractivity contribution in [2.45, 2.75) is 6.18 Å². The first-order valence-electron chi connectivity index (χ1n) is 9.59. The summed E-state index contributed by atoms with van der Waals surface area (Å²) in [7, 11) is 0. The Labute approximate surface area is 174 Å². The lowest BCUT2D eigenvalue weighted by Gasteiger charge is -2.29. The van der Waals surface area contributed by atoms with Crippen LogP contribution in [0.1, 0.15) is 11.1 Å². The molecule has 0 amide bonds. The molecular weight excluding hydrogens is 400 g/mol. The number of hydrogen-bond acceptors (Lipinski definition) is 0. The van der Waals surface area contributed by atoms with E-state index in [4.69, 9.17) is 0 Å². The molecule has 0 spiro atoms. The Morgan fingerprint density at radius 3 is 1.20 bits per heavy atom. The smallest absolute Gasteiger partial charge is 0.166 e. The molecule has 0 radical (unpaired) electrons. The second kappa shape index (κ2) is 8.38. The fourth-order valence-electron chi connectivity index (χ4n) is 3.64. The van der Waals surface area contributed by atoms with Crippen molar-refractivity contribution in [3.05, 3.63) is 126 Å². The van der Waals surface area contributed by atoms with Gasteiger partial charge in [-0.15, -0.1) is 0 Å². The van der Waals surface area contributed by atoms with Crippen molar-refractivity contribution in [3.8, 4) is 0 Å². The minimum absolute atomic E-state index is 0.636. The molecule has 4 heteroatoms. The molecule has 0 aliphatic carbocycles. The second-order valence-corrected chi connectivity index (χ2v) is 10.2. The van der Waals surface area contributed by atoms with Crippen LogP contribution in [0.2, 0.25) is 0 Å². The zero-order valence-corrected chi connectivity index (χ0v) is 17.0. The summed E-state index contributed by atoms with van der Waals surface area (Å²) in [5, 5.41) is 3.46. The summed E-state index contributed by atoms with van der Waals surface area (Å²) in [5.41, 5.74) is 0.135. The molecule has 0 saturated carbocycles. The highest BCUT2D eigenvalue weighted by Gasteiger charge is 2.30. The summed E-state index contributed by atoms with van der Waals surface area (Å²) in [6, 6.07) is 36.1. The number of rotatable bonds is 4. The van der Waals surface area contributed by atoms with Gasteiger partial charge in [-0.1, -0.05) is 103 Å². The van der Waals surface area contributed by atoms with Crippen LogP contribution in [0.5, 0.6) is 0 Å². The fraction of sp³-hybridized carbons (Fsp3) is 0.0385. The molecule has 0 saturated heterocycles. The Bertz CT molecular complexity index is 1040. The van der Waals surface area contributed by atoms with Gasteiger partial charge in [0.1, 0.15) is 0 Å². The van der Waals surface area contributed by atoms with Crippen molar-refractivity contribution in [1.29, 1.82) is 0 Å². The van der Waals surface area contributed by atoms with Gasteiger partial charge in [0.05, 0.1) is 5.56 Å². The van der Waals surface area contributed by atoms with Crippen LogP contribution in [0.15, 0.2) is 115 Å². The van der Waals surface area contributed by atoms with Gasteiger partial charge in [-0.25, -0.2) is 0 Å². The SMILES string of the molecule is FC(F)(F)c1ccc(C=P(c2ccccc2)(c2ccccc2)c2ccccc2)cc1. The first-order chi connectivity index (χ1) is 14.5. The van der Waals surface area contributed by atoms with E-state index in [0.717, 1.165) is 33.6 Å². The van der Waals surface area contributed by atoms with Crippen LogP contribution in [0.3, 0.4) is 0 Å². The predicted octanol–water partition coefficient (Wildman–Crippen LogP) is 5.85. The Morgan fingerprint density at radius 2 is 0.867 bits per heavy atom. The average molecular weight is 420 g/mol. The van der Waals surface area contributed by atoms with Gasteiger partial charge in [-0.05, 0) is 46.3 Å². The minimum atomic E-state index is -4.34. The van der Waals surface area contributed by atoms with Crippen molar-refractivity contribution in [2.24, 2.45) is 0 Å². The van der Waals surface area contributed by atoms with Gasteiger partial charge < -0.3 is 0 Å². The lowest BCUT2D eigenvalue weighted by Crippen LogP contribution is -2.27. The standard InChI is InChI=1S/C26H20F3P/c27-26(28,29)22-18-16-21(17-19-22)20-30(23-10-4-1-5-11-23,24-12-6-2-7-13-24)25-14-8-3-9-15-25/h1-20H. The first-order valence-corrected chi connectivity index (χ1v) is 11.4. The summed E-state index contributed by atoms with van der Waals surface area (Å²) in [5.74, 6) is 2.16. The molecule has 0 heterocycles. The normalized spacial score (nSPS) is 11.8. The molecule has 0 atom stereocenters. The highest BCUT2D eigenvalue weighted by molar-refractivity contribution is 7.94. The van der Waals surface area contributed by atoms with Crippen molar-refractivity contribution >= 4 is 28.6 Å². The molecule has 0 aliphatic rings. The van der Waals surface area contributed by atoms with E-state index in [2.05, 4.69) is 42.2 Å². The van der Waals surface area contributed by atoms with Crippen LogP contribution >= 0.6 is 6.89 Å². The number of alkyl halides is 3. The molecule has 0 nitrogen and oxygen atoms in total. The Balaban J connectivity index is 2.04. The number of hydrogen-bond donors (Lipinski definition) is 0. The van der Waals surface area contributed by atoms with E-state index in [9.17, 15) is 13.2 Å². The predicted molar refractivity (Wildman–Crippen MR) is 122 cm³/mol. The van der Waals surface area contributed by atoms with Crippen LogP contribution in [0.4, 0.5) is 13.2 Å². The molecule has 30 heavy (non-hydrogen) atoms. The van der Waals surface area contributed by atoms with Crippen molar-refractivity contribution in [2.75, 3.05) is 0 Å². The molecule has 4 aromatic carbocycles. The van der Waals surface area contributed by atoms with Crippen LogP contribution in [-0.2, 0) is 6.18 Å². The molecule has 0 aromatic heterocycles. The molecule has 4 aromatic rings. The maximum atomic E-state index is 13.0. The van der Waals surface area contributed by atoms with Gasteiger partial charge in [0.2, 0.25) is 0 Å². The highest BCUT2D eigenvalue weighted by atomic mass is 31.2. The third-order valence-electron chi connectivity index (χ3n) is 5.07. The number of benzene rings is 4.